The molecule has 0 amide bonds. The van der Waals surface area contributed by atoms with Gasteiger partial charge in [-0.3, -0.25) is 0 Å². The van der Waals surface area contributed by atoms with E-state index in [2.05, 4.69) is 4.98 Å². The Kier molecular flexibility index (Phi) is 4.08. The maximum atomic E-state index is 9.27. The van der Waals surface area contributed by atoms with Gasteiger partial charge in [0.2, 0.25) is 6.79 Å². The molecule has 0 saturated carbocycles. The van der Waals surface area contributed by atoms with Crippen molar-refractivity contribution in [3.05, 3.63) is 24.4 Å². The summed E-state index contributed by atoms with van der Waals surface area (Å²) in [6, 6.07) is 5.84. The van der Waals surface area contributed by atoms with Gasteiger partial charge in [-0.25, -0.2) is 4.98 Å². The van der Waals surface area contributed by atoms with Gasteiger partial charge in [-0.15, -0.1) is 0 Å². The molecule has 2 aromatic rings. The number of anilines is 1. The highest BCUT2D eigenvalue weighted by Gasteiger charge is 2.18. The summed E-state index contributed by atoms with van der Waals surface area (Å²) in [4.78, 5) is 6.48. The third-order valence-corrected chi connectivity index (χ3v) is 3.47. The molecule has 6 nitrogen and oxygen atoms in total. The van der Waals surface area contributed by atoms with Crippen molar-refractivity contribution in [3.8, 4) is 11.5 Å². The van der Waals surface area contributed by atoms with Gasteiger partial charge in [0.1, 0.15) is 5.82 Å². The Labute approximate surface area is 122 Å². The van der Waals surface area contributed by atoms with Crippen LogP contribution >= 0.6 is 0 Å². The number of aliphatic hydroxyl groups excluding tert-OH is 1. The van der Waals surface area contributed by atoms with Crippen LogP contribution in [0.5, 0.6) is 11.5 Å². The smallest absolute Gasteiger partial charge is 0.231 e. The van der Waals surface area contributed by atoms with E-state index in [1.807, 2.05) is 23.1 Å². The first kappa shape index (κ1) is 13.9. The molecule has 2 heterocycles. The van der Waals surface area contributed by atoms with Gasteiger partial charge in [0.25, 0.3) is 0 Å². The van der Waals surface area contributed by atoms with Gasteiger partial charge in [-0.1, -0.05) is 0 Å². The quantitative estimate of drug-likeness (QED) is 0.868. The zero-order valence-electron chi connectivity index (χ0n) is 11.9. The van der Waals surface area contributed by atoms with Gasteiger partial charge in [-0.05, 0) is 23.6 Å². The summed E-state index contributed by atoms with van der Waals surface area (Å²) in [7, 11) is 1.66. The molecule has 0 saturated heterocycles. The standard InChI is InChI=1S/C15H18N2O4/c1-19-7-5-17(4-6-18)15-12-9-14-13(20-10-21-14)8-11(12)2-3-16-15/h2-3,8-9,18H,4-7,10H2,1H3. The molecule has 0 spiro atoms. The Morgan fingerprint density at radius 1 is 1.29 bits per heavy atom. The second kappa shape index (κ2) is 6.15. The van der Waals surface area contributed by atoms with E-state index in [9.17, 15) is 5.11 Å². The molecule has 3 rings (SSSR count). The van der Waals surface area contributed by atoms with Gasteiger partial charge in [0, 0.05) is 31.8 Å². The minimum Gasteiger partial charge on any atom is -0.454 e. The van der Waals surface area contributed by atoms with Gasteiger partial charge in [-0.2, -0.15) is 0 Å². The number of nitrogens with zero attached hydrogens (tertiary/aromatic N) is 2. The molecular weight excluding hydrogens is 272 g/mol. The summed E-state index contributed by atoms with van der Waals surface area (Å²) >= 11 is 0. The normalized spacial score (nSPS) is 12.9. The predicted octanol–water partition coefficient (Wildman–Crippen LogP) is 1.41. The SMILES string of the molecule is COCCN(CCO)c1nccc2cc3c(cc12)OCO3. The Balaban J connectivity index is 2.03. The number of ether oxygens (including phenoxy) is 3. The zero-order valence-corrected chi connectivity index (χ0v) is 11.9. The van der Waals surface area contributed by atoms with Crippen LogP contribution in [0.2, 0.25) is 0 Å². The van der Waals surface area contributed by atoms with E-state index in [1.54, 1.807) is 13.3 Å². The van der Waals surface area contributed by atoms with Gasteiger partial charge >= 0.3 is 0 Å². The number of benzene rings is 1. The lowest BCUT2D eigenvalue weighted by Crippen LogP contribution is -2.31. The number of methoxy groups -OCH3 is 1. The molecule has 112 valence electrons. The molecular formula is C15H18N2O4. The van der Waals surface area contributed by atoms with E-state index in [0.717, 1.165) is 28.1 Å². The lowest BCUT2D eigenvalue weighted by Gasteiger charge is -2.23. The minimum atomic E-state index is 0.0618. The number of hydrogen-bond acceptors (Lipinski definition) is 6. The zero-order chi connectivity index (χ0) is 14.7. The van der Waals surface area contributed by atoms with E-state index in [4.69, 9.17) is 14.2 Å². The van der Waals surface area contributed by atoms with E-state index >= 15 is 0 Å². The number of aliphatic hydroxyl groups is 1. The summed E-state index contributed by atoms with van der Waals surface area (Å²) in [5, 5.41) is 11.3. The Hall–Kier alpha value is -2.05. The lowest BCUT2D eigenvalue weighted by molar-refractivity contribution is 0.174. The van der Waals surface area contributed by atoms with Gasteiger partial charge in [0.15, 0.2) is 11.5 Å². The number of fused-ring (bicyclic) bond motifs is 2. The molecule has 1 aliphatic rings. The summed E-state index contributed by atoms with van der Waals surface area (Å²) < 4.78 is 16.0. The van der Waals surface area contributed by atoms with Crippen LogP contribution in [-0.2, 0) is 4.74 Å². The summed E-state index contributed by atoms with van der Waals surface area (Å²) in [6.45, 7) is 2.05. The highest BCUT2D eigenvalue weighted by molar-refractivity contribution is 5.94. The average molecular weight is 290 g/mol. The number of aromatic nitrogens is 1. The number of pyridine rings is 1. The van der Waals surface area contributed by atoms with Gasteiger partial charge < -0.3 is 24.2 Å². The number of rotatable bonds is 6. The van der Waals surface area contributed by atoms with Crippen molar-refractivity contribution in [2.75, 3.05) is 45.1 Å². The van der Waals surface area contributed by atoms with Crippen LogP contribution in [0.3, 0.4) is 0 Å². The van der Waals surface area contributed by atoms with Crippen LogP contribution in [-0.4, -0.2) is 50.3 Å². The summed E-state index contributed by atoms with van der Waals surface area (Å²) in [5.74, 6) is 2.30. The molecule has 0 fully saturated rings. The Morgan fingerprint density at radius 3 is 2.86 bits per heavy atom. The Bertz CT molecular complexity index is 632. The molecule has 1 N–H and O–H groups in total. The molecule has 1 aromatic heterocycles. The molecule has 0 unspecified atom stereocenters. The highest BCUT2D eigenvalue weighted by Crippen LogP contribution is 2.38. The van der Waals surface area contributed by atoms with Crippen molar-refractivity contribution in [2.24, 2.45) is 0 Å². The van der Waals surface area contributed by atoms with Crippen molar-refractivity contribution >= 4 is 16.6 Å². The monoisotopic (exact) mass is 290 g/mol. The third-order valence-electron chi connectivity index (χ3n) is 3.47. The van der Waals surface area contributed by atoms with Crippen molar-refractivity contribution in [2.45, 2.75) is 0 Å². The summed E-state index contributed by atoms with van der Waals surface area (Å²) in [6.07, 6.45) is 1.76. The third kappa shape index (κ3) is 2.72. The second-order valence-corrected chi connectivity index (χ2v) is 4.76. The Morgan fingerprint density at radius 2 is 2.10 bits per heavy atom. The highest BCUT2D eigenvalue weighted by atomic mass is 16.7. The molecule has 0 radical (unpaired) electrons. The summed E-state index contributed by atoms with van der Waals surface area (Å²) in [5.41, 5.74) is 0. The largest absolute Gasteiger partial charge is 0.454 e. The molecule has 1 aromatic carbocycles. The van der Waals surface area contributed by atoms with E-state index < -0.39 is 0 Å². The maximum absolute atomic E-state index is 9.27. The molecule has 0 aliphatic carbocycles. The van der Waals surface area contributed by atoms with Crippen molar-refractivity contribution in [3.63, 3.8) is 0 Å². The number of hydrogen-bond donors (Lipinski definition) is 1. The first-order valence-electron chi connectivity index (χ1n) is 6.86. The first-order valence-corrected chi connectivity index (χ1v) is 6.86. The van der Waals surface area contributed by atoms with E-state index in [0.29, 0.717) is 19.7 Å². The lowest BCUT2D eigenvalue weighted by atomic mass is 10.1. The van der Waals surface area contributed by atoms with Crippen LogP contribution in [0.15, 0.2) is 24.4 Å². The fourth-order valence-corrected chi connectivity index (χ4v) is 2.44. The maximum Gasteiger partial charge on any atom is 0.231 e. The topological polar surface area (TPSA) is 64.1 Å². The fourth-order valence-electron chi connectivity index (χ4n) is 2.44. The van der Waals surface area contributed by atoms with Gasteiger partial charge in [0.05, 0.1) is 13.2 Å². The van der Waals surface area contributed by atoms with Crippen LogP contribution in [0.1, 0.15) is 0 Å². The minimum absolute atomic E-state index is 0.0618. The molecule has 0 atom stereocenters. The predicted molar refractivity (Wildman–Crippen MR) is 79.0 cm³/mol. The van der Waals surface area contributed by atoms with E-state index in [1.165, 1.54) is 0 Å². The van der Waals surface area contributed by atoms with Crippen molar-refractivity contribution in [1.29, 1.82) is 0 Å². The van der Waals surface area contributed by atoms with Crippen LogP contribution in [0, 0.1) is 0 Å². The van der Waals surface area contributed by atoms with Crippen LogP contribution < -0.4 is 14.4 Å². The van der Waals surface area contributed by atoms with Crippen molar-refractivity contribution < 1.29 is 19.3 Å². The fraction of sp³-hybridized carbons (Fsp3) is 0.400. The molecule has 0 bridgehead atoms. The van der Waals surface area contributed by atoms with Crippen LogP contribution in [0.4, 0.5) is 5.82 Å². The molecule has 21 heavy (non-hydrogen) atoms. The first-order chi connectivity index (χ1) is 10.3. The molecule has 6 heteroatoms. The molecule has 1 aliphatic heterocycles. The average Bonchev–Trinajstić information content (AvgIpc) is 2.96. The van der Waals surface area contributed by atoms with Crippen LogP contribution in [0.25, 0.3) is 10.8 Å². The van der Waals surface area contributed by atoms with Crippen molar-refractivity contribution in [1.82, 2.24) is 4.98 Å². The second-order valence-electron chi connectivity index (χ2n) is 4.76. The van der Waals surface area contributed by atoms with E-state index in [-0.39, 0.29) is 13.4 Å².